The van der Waals surface area contributed by atoms with Crippen LogP contribution in [0.1, 0.15) is 5.56 Å². The van der Waals surface area contributed by atoms with Crippen LogP contribution in [0.5, 0.6) is 5.75 Å². The van der Waals surface area contributed by atoms with Crippen molar-refractivity contribution in [2.75, 3.05) is 0 Å². The molecular weight excluding hydrogens is 334 g/mol. The van der Waals surface area contributed by atoms with Crippen molar-refractivity contribution in [2.24, 2.45) is 0 Å². The molecule has 0 unspecified atom stereocenters. The van der Waals surface area contributed by atoms with Gasteiger partial charge in [0.2, 0.25) is 0 Å². The van der Waals surface area contributed by atoms with E-state index >= 15 is 0 Å². The minimum Gasteiger partial charge on any atom is -0.465 e. The first-order chi connectivity index (χ1) is 4.97. The van der Waals surface area contributed by atoms with Gasteiger partial charge in [-0.1, -0.05) is 18.2 Å². The van der Waals surface area contributed by atoms with E-state index in [1.165, 1.54) is 5.56 Å². The van der Waals surface area contributed by atoms with Crippen molar-refractivity contribution in [3.63, 3.8) is 0 Å². The Kier molecular flexibility index (Phi) is 9.58. The van der Waals surface area contributed by atoms with Gasteiger partial charge >= 0.3 is 0 Å². The van der Waals surface area contributed by atoms with Gasteiger partial charge in [0.1, 0.15) is 5.75 Å². The van der Waals surface area contributed by atoms with Crippen LogP contribution in [0.4, 0.5) is 0 Å². The smallest absolute Gasteiger partial charge is 0.130 e. The first-order valence-electron chi connectivity index (χ1n) is 3.36. The molecule has 73 valence electrons. The maximum absolute atomic E-state index is 5.24. The third-order valence-electron chi connectivity index (χ3n) is 1.60. The second-order valence-electron chi connectivity index (χ2n) is 2.30. The molecule has 0 bridgehead atoms. The van der Waals surface area contributed by atoms with E-state index in [4.69, 9.17) is 4.74 Å². The summed E-state index contributed by atoms with van der Waals surface area (Å²) in [6, 6.07) is 8.08. The molecular formula is C9H8MnMoNiO. The van der Waals surface area contributed by atoms with Crippen molar-refractivity contribution in [2.45, 2.75) is 6.42 Å². The first-order valence-corrected chi connectivity index (χ1v) is 3.36. The Morgan fingerprint density at radius 1 is 1.15 bits per heavy atom. The Hall–Kier alpha value is 0.461. The van der Waals surface area contributed by atoms with Crippen LogP contribution in [0.3, 0.4) is 0 Å². The Labute approximate surface area is 113 Å². The second kappa shape index (κ2) is 7.83. The quantitative estimate of drug-likeness (QED) is 0.657. The summed E-state index contributed by atoms with van der Waals surface area (Å²) in [5, 5.41) is 0. The number of fused-ring (bicyclic) bond motifs is 1. The first kappa shape index (κ1) is 15.9. The molecule has 0 spiro atoms. The van der Waals surface area contributed by atoms with Gasteiger partial charge in [-0.05, 0) is 24.1 Å². The molecule has 1 aromatic rings. The van der Waals surface area contributed by atoms with Crippen LogP contribution in [0.25, 0.3) is 0 Å². The summed E-state index contributed by atoms with van der Waals surface area (Å²) in [6.07, 6.45) is 4.75. The summed E-state index contributed by atoms with van der Waals surface area (Å²) in [7, 11) is 0. The summed E-state index contributed by atoms with van der Waals surface area (Å²) in [4.78, 5) is 0. The molecule has 13 heavy (non-hydrogen) atoms. The number of allylic oxidation sites excluding steroid dienone is 1. The van der Waals surface area contributed by atoms with Crippen molar-refractivity contribution >= 4 is 0 Å². The molecule has 2 rings (SSSR count). The Morgan fingerprint density at radius 3 is 2.54 bits per heavy atom. The van der Waals surface area contributed by atoms with Crippen LogP contribution in [-0.4, -0.2) is 0 Å². The Balaban J connectivity index is 0. The SMILES string of the molecule is C1=COc2ccccc2C1.[Mn].[Mo].[Ni]. The van der Waals surface area contributed by atoms with Gasteiger partial charge in [-0.15, -0.1) is 0 Å². The minimum absolute atomic E-state index is 0. The second-order valence-corrected chi connectivity index (χ2v) is 2.30. The number of hydrogen-bond donors (Lipinski definition) is 0. The molecule has 0 fully saturated rings. The van der Waals surface area contributed by atoms with E-state index in [2.05, 4.69) is 6.07 Å². The van der Waals surface area contributed by atoms with Crippen LogP contribution in [-0.2, 0) is 61.0 Å². The van der Waals surface area contributed by atoms with Crippen LogP contribution < -0.4 is 4.74 Å². The monoisotopic (exact) mass is 343 g/mol. The number of para-hydroxylation sites is 1. The van der Waals surface area contributed by atoms with Gasteiger partial charge in [-0.25, -0.2) is 0 Å². The fourth-order valence-electron chi connectivity index (χ4n) is 1.08. The average molecular weight is 342 g/mol. The maximum Gasteiger partial charge on any atom is 0.130 e. The molecule has 0 amide bonds. The molecule has 1 nitrogen and oxygen atoms in total. The van der Waals surface area contributed by atoms with Gasteiger partial charge in [0.05, 0.1) is 6.26 Å². The standard InChI is InChI=1S/C9H8O.Mn.Mo.Ni/c1-2-6-9-8(4-1)5-3-7-10-9;;;/h1-4,6-7H,5H2;;;. The third kappa shape index (κ3) is 4.00. The predicted molar refractivity (Wildman–Crippen MR) is 39.9 cm³/mol. The maximum atomic E-state index is 5.24. The molecule has 0 atom stereocenters. The molecule has 0 saturated heterocycles. The van der Waals surface area contributed by atoms with Crippen molar-refractivity contribution in [1.82, 2.24) is 0 Å². The molecule has 1 aromatic carbocycles. The molecule has 0 aliphatic carbocycles. The third-order valence-corrected chi connectivity index (χ3v) is 1.60. The summed E-state index contributed by atoms with van der Waals surface area (Å²) in [6.45, 7) is 0. The fourth-order valence-corrected chi connectivity index (χ4v) is 1.08. The summed E-state index contributed by atoms with van der Waals surface area (Å²) in [5.74, 6) is 0.991. The number of rotatable bonds is 0. The van der Waals surface area contributed by atoms with Crippen molar-refractivity contribution in [3.05, 3.63) is 42.2 Å². The van der Waals surface area contributed by atoms with E-state index in [0.29, 0.717) is 0 Å². The van der Waals surface area contributed by atoms with Crippen molar-refractivity contribution in [3.8, 4) is 5.75 Å². The molecule has 4 heteroatoms. The van der Waals surface area contributed by atoms with Crippen LogP contribution in [0.2, 0.25) is 0 Å². The largest absolute Gasteiger partial charge is 0.465 e. The van der Waals surface area contributed by atoms with E-state index in [1.54, 1.807) is 6.26 Å². The van der Waals surface area contributed by atoms with Crippen LogP contribution in [0, 0.1) is 0 Å². The predicted octanol–water partition coefficient (Wildman–Crippen LogP) is 2.13. The number of hydrogen-bond acceptors (Lipinski definition) is 1. The molecule has 0 N–H and O–H groups in total. The van der Waals surface area contributed by atoms with E-state index < -0.39 is 0 Å². The van der Waals surface area contributed by atoms with Crippen molar-refractivity contribution in [1.29, 1.82) is 0 Å². The zero-order valence-electron chi connectivity index (χ0n) is 6.68. The summed E-state index contributed by atoms with van der Waals surface area (Å²) in [5.41, 5.74) is 1.27. The minimum atomic E-state index is 0. The van der Waals surface area contributed by atoms with Crippen LogP contribution in [0.15, 0.2) is 36.6 Å². The van der Waals surface area contributed by atoms with Gasteiger partial charge in [-0.3, -0.25) is 0 Å². The zero-order valence-corrected chi connectivity index (χ0v) is 10.9. The van der Waals surface area contributed by atoms with Gasteiger partial charge in [-0.2, -0.15) is 0 Å². The van der Waals surface area contributed by atoms with E-state index in [1.807, 2.05) is 24.3 Å². The van der Waals surface area contributed by atoms with Gasteiger partial charge in [0, 0.05) is 54.6 Å². The molecule has 1 radical (unpaired) electrons. The number of benzene rings is 1. The topological polar surface area (TPSA) is 9.23 Å². The molecule has 0 saturated carbocycles. The van der Waals surface area contributed by atoms with E-state index in [9.17, 15) is 0 Å². The molecule has 0 aromatic heterocycles. The van der Waals surface area contributed by atoms with Gasteiger partial charge in [0.15, 0.2) is 0 Å². The molecule has 1 aliphatic heterocycles. The normalized spacial score (nSPS) is 10.8. The van der Waals surface area contributed by atoms with Gasteiger partial charge < -0.3 is 4.74 Å². The van der Waals surface area contributed by atoms with Crippen LogP contribution >= 0.6 is 0 Å². The Morgan fingerprint density at radius 2 is 1.85 bits per heavy atom. The average Bonchev–Trinajstić information content (AvgIpc) is 2.05. The van der Waals surface area contributed by atoms with E-state index in [0.717, 1.165) is 12.2 Å². The van der Waals surface area contributed by atoms with Gasteiger partial charge in [0.25, 0.3) is 0 Å². The summed E-state index contributed by atoms with van der Waals surface area (Å²) < 4.78 is 5.24. The zero-order chi connectivity index (χ0) is 6.81. The summed E-state index contributed by atoms with van der Waals surface area (Å²) >= 11 is 0. The number of ether oxygens (including phenoxy) is 1. The van der Waals surface area contributed by atoms with E-state index in [-0.39, 0.29) is 54.6 Å². The Bertz CT molecular complexity index is 251. The van der Waals surface area contributed by atoms with Crippen molar-refractivity contribution < 1.29 is 59.4 Å². The molecule has 1 aliphatic rings. The molecule has 1 heterocycles. The fraction of sp³-hybridized carbons (Fsp3) is 0.111.